The van der Waals surface area contributed by atoms with E-state index < -0.39 is 36.4 Å². The molecule has 11 heteroatoms. The summed E-state index contributed by atoms with van der Waals surface area (Å²) < 4.78 is 50.1. The van der Waals surface area contributed by atoms with Crippen molar-refractivity contribution in [2.75, 3.05) is 11.0 Å². The van der Waals surface area contributed by atoms with Gasteiger partial charge in [0.2, 0.25) is 0 Å². The third kappa shape index (κ3) is 3.26. The Morgan fingerprint density at radius 2 is 1.77 bits per heavy atom. The van der Waals surface area contributed by atoms with E-state index in [-0.39, 0.29) is 9.90 Å². The minimum atomic E-state index is -4.28. The number of aromatic nitrogens is 1. The van der Waals surface area contributed by atoms with Gasteiger partial charge in [-0.1, -0.05) is 12.1 Å². The van der Waals surface area contributed by atoms with Gasteiger partial charge in [-0.05, 0) is 12.1 Å². The molecule has 0 atom stereocenters. The molecule has 0 aliphatic carbocycles. The second kappa shape index (κ2) is 5.66. The number of thiazole rings is 1. The predicted octanol–water partition coefficient (Wildman–Crippen LogP) is 1.05. The summed E-state index contributed by atoms with van der Waals surface area (Å²) in [4.78, 5) is 13.7. The first-order valence-corrected chi connectivity index (χ1v) is 9.87. The molecule has 1 heterocycles. The van der Waals surface area contributed by atoms with Crippen LogP contribution in [0.4, 0.5) is 5.00 Å². The van der Waals surface area contributed by atoms with E-state index in [1.165, 1.54) is 17.6 Å². The fraction of sp³-hybridized carbons (Fsp3) is 0.0909. The SMILES string of the molecule is CS(=O)(=O)c1ccccc1S(=O)(=O)Nc1scnc1C(=O)O. The smallest absolute Gasteiger partial charge is 0.357 e. The maximum absolute atomic E-state index is 12.4. The zero-order chi connectivity index (χ0) is 16.5. The van der Waals surface area contributed by atoms with Crippen molar-refractivity contribution in [3.63, 3.8) is 0 Å². The number of carbonyl (C=O) groups is 1. The van der Waals surface area contributed by atoms with Crippen molar-refractivity contribution in [1.29, 1.82) is 0 Å². The molecule has 0 saturated carbocycles. The summed E-state index contributed by atoms with van der Waals surface area (Å²) in [5, 5.41) is 8.72. The van der Waals surface area contributed by atoms with Crippen molar-refractivity contribution in [1.82, 2.24) is 4.98 Å². The van der Waals surface area contributed by atoms with Crippen LogP contribution in [0.5, 0.6) is 0 Å². The first-order chi connectivity index (χ1) is 10.1. The molecule has 2 rings (SSSR count). The van der Waals surface area contributed by atoms with Crippen molar-refractivity contribution >= 4 is 42.2 Å². The highest BCUT2D eigenvalue weighted by molar-refractivity contribution is 7.95. The Kier molecular flexibility index (Phi) is 4.22. The quantitative estimate of drug-likeness (QED) is 0.812. The third-order valence-corrected chi connectivity index (χ3v) is 6.10. The number of nitrogens with one attached hydrogen (secondary N) is 1. The van der Waals surface area contributed by atoms with Crippen LogP contribution in [0.25, 0.3) is 0 Å². The summed E-state index contributed by atoms with van der Waals surface area (Å²) in [6, 6.07) is 5.05. The van der Waals surface area contributed by atoms with Crippen LogP contribution in [0.1, 0.15) is 10.5 Å². The highest BCUT2D eigenvalue weighted by atomic mass is 32.2. The fourth-order valence-corrected chi connectivity index (χ4v) is 5.25. The largest absolute Gasteiger partial charge is 0.476 e. The maximum Gasteiger partial charge on any atom is 0.357 e. The van der Waals surface area contributed by atoms with Crippen LogP contribution in [-0.4, -0.2) is 39.2 Å². The first-order valence-electron chi connectivity index (χ1n) is 5.61. The monoisotopic (exact) mass is 362 g/mol. The zero-order valence-electron chi connectivity index (χ0n) is 11.0. The lowest BCUT2D eigenvalue weighted by atomic mass is 10.4. The van der Waals surface area contributed by atoms with Gasteiger partial charge in [0, 0.05) is 6.26 Å². The number of rotatable bonds is 5. The molecular weight excluding hydrogens is 352 g/mol. The van der Waals surface area contributed by atoms with Crippen LogP contribution in [-0.2, 0) is 19.9 Å². The van der Waals surface area contributed by atoms with Gasteiger partial charge in [0.25, 0.3) is 10.0 Å². The van der Waals surface area contributed by atoms with Gasteiger partial charge < -0.3 is 5.11 Å². The van der Waals surface area contributed by atoms with E-state index in [0.29, 0.717) is 0 Å². The van der Waals surface area contributed by atoms with Crippen LogP contribution in [0.2, 0.25) is 0 Å². The highest BCUT2D eigenvalue weighted by Gasteiger charge is 2.26. The molecule has 0 spiro atoms. The van der Waals surface area contributed by atoms with Crippen molar-refractivity contribution < 1.29 is 26.7 Å². The van der Waals surface area contributed by atoms with Crippen LogP contribution < -0.4 is 4.72 Å². The van der Waals surface area contributed by atoms with Crippen LogP contribution in [0.3, 0.4) is 0 Å². The van der Waals surface area contributed by atoms with E-state index in [4.69, 9.17) is 5.11 Å². The summed E-state index contributed by atoms with van der Waals surface area (Å²) in [7, 11) is -8.04. The summed E-state index contributed by atoms with van der Waals surface area (Å²) in [6.45, 7) is 0. The molecule has 0 aliphatic heterocycles. The molecule has 0 fully saturated rings. The van der Waals surface area contributed by atoms with E-state index in [1.54, 1.807) is 0 Å². The fourth-order valence-electron chi connectivity index (χ4n) is 1.63. The van der Waals surface area contributed by atoms with E-state index in [2.05, 4.69) is 9.71 Å². The molecule has 2 aromatic rings. The Labute approximate surface area is 130 Å². The van der Waals surface area contributed by atoms with Crippen LogP contribution in [0, 0.1) is 0 Å². The number of carboxylic acids is 1. The van der Waals surface area contributed by atoms with Crippen molar-refractivity contribution in [3.8, 4) is 0 Å². The molecule has 118 valence electrons. The lowest BCUT2D eigenvalue weighted by Crippen LogP contribution is -2.17. The Morgan fingerprint density at radius 1 is 1.18 bits per heavy atom. The Morgan fingerprint density at radius 3 is 2.32 bits per heavy atom. The average Bonchev–Trinajstić information content (AvgIpc) is 2.85. The molecule has 0 radical (unpaired) electrons. The van der Waals surface area contributed by atoms with Crippen molar-refractivity contribution in [2.24, 2.45) is 0 Å². The highest BCUT2D eigenvalue weighted by Crippen LogP contribution is 2.27. The summed E-state index contributed by atoms with van der Waals surface area (Å²) in [6.07, 6.45) is 0.886. The first kappa shape index (κ1) is 16.4. The average molecular weight is 362 g/mol. The molecule has 2 N–H and O–H groups in total. The van der Waals surface area contributed by atoms with Gasteiger partial charge in [0.1, 0.15) is 9.90 Å². The topological polar surface area (TPSA) is 130 Å². The Hall–Kier alpha value is -1.98. The van der Waals surface area contributed by atoms with Gasteiger partial charge in [-0.3, -0.25) is 4.72 Å². The summed E-state index contributed by atoms with van der Waals surface area (Å²) in [5.74, 6) is -1.39. The van der Waals surface area contributed by atoms with Crippen LogP contribution >= 0.6 is 11.3 Å². The molecule has 0 bridgehead atoms. The lowest BCUT2D eigenvalue weighted by molar-refractivity contribution is 0.0692. The van der Waals surface area contributed by atoms with E-state index in [9.17, 15) is 21.6 Å². The standard InChI is InChI=1S/C11H10N2O6S3/c1-21(16,17)7-4-2-3-5-8(7)22(18,19)13-10-9(11(14)15)12-6-20-10/h2-6,13H,1H3,(H,14,15). The third-order valence-electron chi connectivity index (χ3n) is 2.54. The number of hydrogen-bond acceptors (Lipinski definition) is 7. The number of anilines is 1. The molecular formula is C11H10N2O6S3. The number of aromatic carboxylic acids is 1. The van der Waals surface area contributed by atoms with Gasteiger partial charge in [-0.15, -0.1) is 11.3 Å². The minimum Gasteiger partial charge on any atom is -0.476 e. The van der Waals surface area contributed by atoms with Gasteiger partial charge in [-0.25, -0.2) is 26.6 Å². The molecule has 0 aliphatic rings. The Balaban J connectivity index is 2.53. The molecule has 0 unspecified atom stereocenters. The molecule has 0 amide bonds. The summed E-state index contributed by atoms with van der Waals surface area (Å²) in [5.41, 5.74) is 0.717. The lowest BCUT2D eigenvalue weighted by Gasteiger charge is -2.10. The normalized spacial score (nSPS) is 12.0. The number of sulfone groups is 1. The van der Waals surface area contributed by atoms with Gasteiger partial charge in [-0.2, -0.15) is 0 Å². The van der Waals surface area contributed by atoms with Gasteiger partial charge >= 0.3 is 5.97 Å². The molecule has 1 aromatic heterocycles. The van der Waals surface area contributed by atoms with Crippen molar-refractivity contribution in [2.45, 2.75) is 9.79 Å². The van der Waals surface area contributed by atoms with Gasteiger partial charge in [0.05, 0.1) is 10.4 Å². The molecule has 0 saturated heterocycles. The number of carboxylic acid groups (broad SMARTS) is 1. The van der Waals surface area contributed by atoms with Crippen molar-refractivity contribution in [3.05, 3.63) is 35.5 Å². The summed E-state index contributed by atoms with van der Waals surface area (Å²) >= 11 is 0.781. The molecule has 1 aromatic carbocycles. The number of sulfonamides is 1. The Bertz CT molecular complexity index is 930. The second-order valence-corrected chi connectivity index (χ2v) is 8.65. The molecule has 8 nitrogen and oxygen atoms in total. The number of hydrogen-bond donors (Lipinski definition) is 2. The number of nitrogens with zero attached hydrogens (tertiary/aromatic N) is 1. The molecule has 22 heavy (non-hydrogen) atoms. The second-order valence-electron chi connectivity index (χ2n) is 4.16. The zero-order valence-corrected chi connectivity index (χ0v) is 13.5. The minimum absolute atomic E-state index is 0.198. The van der Waals surface area contributed by atoms with E-state index >= 15 is 0 Å². The van der Waals surface area contributed by atoms with E-state index in [1.807, 2.05) is 0 Å². The van der Waals surface area contributed by atoms with E-state index in [0.717, 1.165) is 29.7 Å². The number of benzene rings is 1. The van der Waals surface area contributed by atoms with Gasteiger partial charge in [0.15, 0.2) is 15.5 Å². The maximum atomic E-state index is 12.4. The predicted molar refractivity (Wildman–Crippen MR) is 79.4 cm³/mol. The van der Waals surface area contributed by atoms with Crippen LogP contribution in [0.15, 0.2) is 39.6 Å².